The van der Waals surface area contributed by atoms with E-state index in [2.05, 4.69) is 0 Å². The average Bonchev–Trinajstić information content (AvgIpc) is 3.42. The molecule has 35 heavy (non-hydrogen) atoms. The fourth-order valence-corrected chi connectivity index (χ4v) is 6.09. The molecular weight excluding hydrogens is 479 g/mol. The van der Waals surface area contributed by atoms with Crippen LogP contribution in [0.1, 0.15) is 33.5 Å². The number of rotatable bonds is 4. The molecule has 1 unspecified atom stereocenters. The lowest BCUT2D eigenvalue weighted by molar-refractivity contribution is -0.141. The summed E-state index contributed by atoms with van der Waals surface area (Å²) in [6, 6.07) is 18.9. The second-order valence-electron chi connectivity index (χ2n) is 8.37. The van der Waals surface area contributed by atoms with Crippen LogP contribution in [0.4, 0.5) is 18.0 Å². The highest BCUT2D eigenvalue weighted by atomic mass is 32.2. The van der Waals surface area contributed by atoms with Crippen molar-refractivity contribution in [3.05, 3.63) is 95.1 Å². The van der Waals surface area contributed by atoms with Crippen molar-refractivity contribution in [1.29, 1.82) is 0 Å². The van der Waals surface area contributed by atoms with Crippen molar-refractivity contribution < 1.29 is 32.6 Å². The van der Waals surface area contributed by atoms with E-state index in [1.807, 2.05) is 48.5 Å². The first kappa shape index (κ1) is 23.3. The van der Waals surface area contributed by atoms with E-state index < -0.39 is 35.2 Å². The van der Waals surface area contributed by atoms with E-state index >= 15 is 0 Å². The number of carbonyl (C=O) groups excluding carboxylic acids is 1. The number of aliphatic carboxylic acids is 1. The summed E-state index contributed by atoms with van der Waals surface area (Å²) in [6.07, 6.45) is -5.30. The molecule has 5 nitrogen and oxygen atoms in total. The van der Waals surface area contributed by atoms with Crippen LogP contribution in [0.3, 0.4) is 0 Å². The Balaban J connectivity index is 1.38. The number of fused-ring (bicyclic) bond motifs is 3. The van der Waals surface area contributed by atoms with Gasteiger partial charge in [-0.2, -0.15) is 13.2 Å². The first-order valence-electron chi connectivity index (χ1n) is 10.9. The Labute approximate surface area is 203 Å². The van der Waals surface area contributed by atoms with Gasteiger partial charge in [0, 0.05) is 11.7 Å². The van der Waals surface area contributed by atoms with Gasteiger partial charge in [0.25, 0.3) is 0 Å². The van der Waals surface area contributed by atoms with E-state index in [4.69, 9.17) is 4.74 Å². The molecule has 1 saturated heterocycles. The van der Waals surface area contributed by atoms with E-state index in [9.17, 15) is 27.9 Å². The normalized spacial score (nSPS) is 19.3. The summed E-state index contributed by atoms with van der Waals surface area (Å²) in [6.45, 7) is 0.0140. The van der Waals surface area contributed by atoms with Gasteiger partial charge < -0.3 is 9.84 Å². The fourth-order valence-electron chi connectivity index (χ4n) is 4.68. The Morgan fingerprint density at radius 1 is 0.943 bits per heavy atom. The lowest BCUT2D eigenvalue weighted by Crippen LogP contribution is -2.43. The van der Waals surface area contributed by atoms with Crippen molar-refractivity contribution in [2.24, 2.45) is 0 Å². The van der Waals surface area contributed by atoms with E-state index in [0.29, 0.717) is 5.56 Å². The molecule has 0 saturated carbocycles. The zero-order chi connectivity index (χ0) is 24.7. The number of hydrogen-bond donors (Lipinski definition) is 1. The van der Waals surface area contributed by atoms with Gasteiger partial charge in [0.05, 0.1) is 5.56 Å². The molecule has 2 aliphatic rings. The van der Waals surface area contributed by atoms with Crippen molar-refractivity contribution in [3.63, 3.8) is 0 Å². The number of carboxylic acids is 1. The largest absolute Gasteiger partial charge is 0.480 e. The van der Waals surface area contributed by atoms with Crippen LogP contribution < -0.4 is 0 Å². The Bertz CT molecular complexity index is 1230. The molecule has 0 bridgehead atoms. The number of alkyl halides is 3. The van der Waals surface area contributed by atoms with Crippen LogP contribution in [-0.4, -0.2) is 40.5 Å². The monoisotopic (exact) mass is 499 g/mol. The van der Waals surface area contributed by atoms with Gasteiger partial charge in [0.15, 0.2) is 0 Å². The van der Waals surface area contributed by atoms with Gasteiger partial charge in [-0.3, -0.25) is 4.90 Å². The SMILES string of the molecule is O=C(O)[C@@H]1CSC(c2ccc(C(F)(F)F)cc2)N1C(=O)OCC1c2ccccc2-c2ccccc21. The molecule has 1 amide bonds. The quantitative estimate of drug-likeness (QED) is 0.466. The predicted octanol–water partition coefficient (Wildman–Crippen LogP) is 6.16. The third-order valence-electron chi connectivity index (χ3n) is 6.36. The molecule has 1 aliphatic heterocycles. The predicted molar refractivity (Wildman–Crippen MR) is 125 cm³/mol. The number of hydrogen-bond acceptors (Lipinski definition) is 4. The van der Waals surface area contributed by atoms with Crippen molar-refractivity contribution in [2.75, 3.05) is 12.4 Å². The molecule has 0 aromatic heterocycles. The average molecular weight is 500 g/mol. The lowest BCUT2D eigenvalue weighted by atomic mass is 9.98. The van der Waals surface area contributed by atoms with E-state index in [1.54, 1.807) is 0 Å². The van der Waals surface area contributed by atoms with Crippen LogP contribution in [0, 0.1) is 0 Å². The molecular formula is C26H20F3NO4S. The maximum atomic E-state index is 13.2. The third-order valence-corrected chi connectivity index (χ3v) is 7.68. The lowest BCUT2D eigenvalue weighted by Gasteiger charge is -2.27. The van der Waals surface area contributed by atoms with Gasteiger partial charge in [-0.25, -0.2) is 9.59 Å². The molecule has 9 heteroatoms. The maximum absolute atomic E-state index is 13.2. The van der Waals surface area contributed by atoms with Crippen LogP contribution in [-0.2, 0) is 15.7 Å². The summed E-state index contributed by atoms with van der Waals surface area (Å²) < 4.78 is 44.5. The van der Waals surface area contributed by atoms with Crippen molar-refractivity contribution >= 4 is 23.8 Å². The van der Waals surface area contributed by atoms with Gasteiger partial charge in [-0.15, -0.1) is 11.8 Å². The Kier molecular flexibility index (Phi) is 5.96. The zero-order valence-electron chi connectivity index (χ0n) is 18.2. The van der Waals surface area contributed by atoms with Crippen LogP contribution in [0.5, 0.6) is 0 Å². The summed E-state index contributed by atoms with van der Waals surface area (Å²) in [4.78, 5) is 26.2. The van der Waals surface area contributed by atoms with Crippen LogP contribution in [0.15, 0.2) is 72.8 Å². The van der Waals surface area contributed by atoms with Crippen LogP contribution in [0.25, 0.3) is 11.1 Å². The van der Waals surface area contributed by atoms with Gasteiger partial charge in [-0.1, -0.05) is 60.7 Å². The third kappa shape index (κ3) is 4.25. The number of carboxylic acid groups (broad SMARTS) is 1. The topological polar surface area (TPSA) is 66.8 Å². The summed E-state index contributed by atoms with van der Waals surface area (Å²) >= 11 is 1.18. The summed E-state index contributed by atoms with van der Waals surface area (Å²) in [5.74, 6) is -1.29. The second kappa shape index (κ2) is 8.96. The van der Waals surface area contributed by atoms with E-state index in [-0.39, 0.29) is 18.3 Å². The number of carbonyl (C=O) groups is 2. The van der Waals surface area contributed by atoms with Gasteiger partial charge in [0.1, 0.15) is 18.0 Å². The number of benzene rings is 3. The molecule has 2 atom stereocenters. The molecule has 1 heterocycles. The minimum atomic E-state index is -4.49. The van der Waals surface area contributed by atoms with E-state index in [1.165, 1.54) is 23.9 Å². The van der Waals surface area contributed by atoms with Gasteiger partial charge in [-0.05, 0) is 39.9 Å². The van der Waals surface area contributed by atoms with Crippen LogP contribution >= 0.6 is 11.8 Å². The Morgan fingerprint density at radius 2 is 1.51 bits per heavy atom. The molecule has 5 rings (SSSR count). The molecule has 3 aromatic rings. The molecule has 1 aliphatic carbocycles. The highest BCUT2D eigenvalue weighted by Gasteiger charge is 2.44. The summed E-state index contributed by atoms with van der Waals surface area (Å²) in [5.41, 5.74) is 3.75. The van der Waals surface area contributed by atoms with Gasteiger partial charge >= 0.3 is 18.2 Å². The first-order chi connectivity index (χ1) is 16.8. The minimum Gasteiger partial charge on any atom is -0.480 e. The standard InChI is InChI=1S/C26H20F3NO4S/c27-26(28,29)16-11-9-15(10-12-16)23-30(22(14-35-23)24(31)32)25(33)34-13-21-19-7-3-1-5-17(19)18-6-2-4-8-20(18)21/h1-12,21-23H,13-14H2,(H,31,32)/t22-,23?/m0/s1. The number of halogens is 3. The first-order valence-corrected chi connectivity index (χ1v) is 12.0. The van der Waals surface area contributed by atoms with Crippen molar-refractivity contribution in [3.8, 4) is 11.1 Å². The minimum absolute atomic E-state index is 0.0140. The molecule has 1 fully saturated rings. The second-order valence-corrected chi connectivity index (χ2v) is 9.48. The van der Waals surface area contributed by atoms with Crippen molar-refractivity contribution in [2.45, 2.75) is 23.5 Å². The molecule has 3 aromatic carbocycles. The Morgan fingerprint density at radius 3 is 2.06 bits per heavy atom. The highest BCUT2D eigenvalue weighted by Crippen LogP contribution is 2.46. The summed E-state index contributed by atoms with van der Waals surface area (Å²) in [5, 5.41) is 8.91. The van der Waals surface area contributed by atoms with Crippen molar-refractivity contribution in [1.82, 2.24) is 4.90 Å². The number of nitrogens with zero attached hydrogens (tertiary/aromatic N) is 1. The summed E-state index contributed by atoms with van der Waals surface area (Å²) in [7, 11) is 0. The fraction of sp³-hybridized carbons (Fsp3) is 0.231. The number of amides is 1. The number of thioether (sulfide) groups is 1. The molecule has 180 valence electrons. The van der Waals surface area contributed by atoms with Gasteiger partial charge in [0.2, 0.25) is 0 Å². The smallest absolute Gasteiger partial charge is 0.416 e. The molecule has 1 N–H and O–H groups in total. The molecule has 0 spiro atoms. The number of ether oxygens (including phenoxy) is 1. The van der Waals surface area contributed by atoms with Crippen LogP contribution in [0.2, 0.25) is 0 Å². The zero-order valence-corrected chi connectivity index (χ0v) is 19.1. The Hall–Kier alpha value is -3.46. The maximum Gasteiger partial charge on any atom is 0.416 e. The molecule has 0 radical (unpaired) electrons. The highest BCUT2D eigenvalue weighted by molar-refractivity contribution is 7.99. The van der Waals surface area contributed by atoms with E-state index in [0.717, 1.165) is 39.3 Å².